The first-order valence-corrected chi connectivity index (χ1v) is 18.5. The zero-order valence-electron chi connectivity index (χ0n) is 29.0. The number of thioether (sulfide) groups is 1. The quantitative estimate of drug-likeness (QED) is 0.312. The standard InChI is InChI=1S/C38H54N2O5S/c1-22(2)32(43)40-29-16-17-37-20-38(37)28(15-14-27(37)34(29,5)21-46-24(4)41)35(6)18-26(45-33(44)25-12-10-9-11-13-25)31(23(3)39-8)36(35,7)19-30(38)42/h9-13,22-23,26-29,31,39H,14-21H2,1-8H3,(H,40,43)/t23-,26+,27-,28-,29-,31-,34-,35-,36+,37+,38+/m0/s1. The molecule has 0 saturated heterocycles. The molecule has 0 radical (unpaired) electrons. The first-order valence-electron chi connectivity index (χ1n) is 17.5. The highest BCUT2D eigenvalue weighted by molar-refractivity contribution is 8.13. The summed E-state index contributed by atoms with van der Waals surface area (Å²) in [4.78, 5) is 53.6. The maximum Gasteiger partial charge on any atom is 0.338 e. The Morgan fingerprint density at radius 1 is 1.00 bits per heavy atom. The molecule has 0 bridgehead atoms. The molecule has 5 saturated carbocycles. The smallest absolute Gasteiger partial charge is 0.338 e. The molecule has 11 atom stereocenters. The molecule has 1 aromatic carbocycles. The van der Waals surface area contributed by atoms with Gasteiger partial charge in [-0.1, -0.05) is 64.6 Å². The van der Waals surface area contributed by atoms with Crippen molar-refractivity contribution in [3.8, 4) is 0 Å². The fourth-order valence-electron chi connectivity index (χ4n) is 12.0. The molecule has 0 aliphatic heterocycles. The summed E-state index contributed by atoms with van der Waals surface area (Å²) >= 11 is 1.37. The van der Waals surface area contributed by atoms with Gasteiger partial charge in [0.1, 0.15) is 11.9 Å². The molecular weight excluding hydrogens is 596 g/mol. The van der Waals surface area contributed by atoms with Gasteiger partial charge in [0.05, 0.1) is 5.56 Å². The highest BCUT2D eigenvalue weighted by Crippen LogP contribution is 2.88. The van der Waals surface area contributed by atoms with Crippen LogP contribution in [0.15, 0.2) is 30.3 Å². The topological polar surface area (TPSA) is 102 Å². The first-order chi connectivity index (χ1) is 21.6. The predicted octanol–water partition coefficient (Wildman–Crippen LogP) is 6.45. The van der Waals surface area contributed by atoms with Crippen molar-refractivity contribution < 1.29 is 23.9 Å². The lowest BCUT2D eigenvalue weighted by Crippen LogP contribution is -2.64. The van der Waals surface area contributed by atoms with Crippen molar-refractivity contribution in [2.24, 2.45) is 50.7 Å². The van der Waals surface area contributed by atoms with Gasteiger partial charge in [-0.25, -0.2) is 4.79 Å². The third-order valence-electron chi connectivity index (χ3n) is 14.4. The minimum absolute atomic E-state index is 0.00287. The van der Waals surface area contributed by atoms with Crippen molar-refractivity contribution in [3.05, 3.63) is 35.9 Å². The van der Waals surface area contributed by atoms with Gasteiger partial charge in [0, 0.05) is 53.8 Å². The monoisotopic (exact) mass is 650 g/mol. The van der Waals surface area contributed by atoms with E-state index in [9.17, 15) is 19.2 Å². The predicted molar refractivity (Wildman–Crippen MR) is 181 cm³/mol. The maximum absolute atomic E-state index is 14.9. The molecule has 46 heavy (non-hydrogen) atoms. The number of carbonyl (C=O) groups excluding carboxylic acids is 4. The van der Waals surface area contributed by atoms with E-state index in [0.29, 0.717) is 23.5 Å². The molecule has 2 N–H and O–H groups in total. The second kappa shape index (κ2) is 11.5. The number of fused-ring (bicyclic) bond motifs is 2. The molecule has 5 aliphatic rings. The van der Waals surface area contributed by atoms with Crippen LogP contribution in [0.4, 0.5) is 0 Å². The SMILES string of the molecule is CN[C@@H](C)[C@H]1[C@H](OC(=O)c2ccccc2)C[C@@]2(C)[C@@H]3CC[C@H]4[C@](C)(CSC(C)=O)[C@@H](NC(=O)C(C)C)CC[C@@]45C[C@]35C(=O)C[C@]12C. The Morgan fingerprint density at radius 3 is 2.30 bits per heavy atom. The number of Topliss-reactive ketones (excluding diaryl/α,β-unsaturated/α-hetero) is 1. The molecule has 252 valence electrons. The minimum atomic E-state index is -0.384. The summed E-state index contributed by atoms with van der Waals surface area (Å²) in [6, 6.07) is 9.28. The molecule has 8 heteroatoms. The van der Waals surface area contributed by atoms with Crippen LogP contribution in [0.5, 0.6) is 0 Å². The van der Waals surface area contributed by atoms with E-state index in [2.05, 4.69) is 38.3 Å². The number of ketones is 1. The van der Waals surface area contributed by atoms with Crippen LogP contribution in [0, 0.1) is 50.7 Å². The van der Waals surface area contributed by atoms with Gasteiger partial charge in [-0.15, -0.1) is 0 Å². The Hall–Kier alpha value is -2.19. The molecule has 7 nitrogen and oxygen atoms in total. The highest BCUT2D eigenvalue weighted by Gasteiger charge is 2.86. The molecule has 5 fully saturated rings. The van der Waals surface area contributed by atoms with Crippen LogP contribution in [0.1, 0.15) is 104 Å². The lowest BCUT2D eigenvalue weighted by molar-refractivity contribution is -0.169. The van der Waals surface area contributed by atoms with E-state index in [1.165, 1.54) is 11.8 Å². The zero-order valence-corrected chi connectivity index (χ0v) is 29.9. The molecule has 0 unspecified atom stereocenters. The van der Waals surface area contributed by atoms with Crippen molar-refractivity contribution in [1.29, 1.82) is 0 Å². The van der Waals surface area contributed by atoms with Crippen LogP contribution in [0.25, 0.3) is 0 Å². The average molecular weight is 651 g/mol. The van der Waals surface area contributed by atoms with Gasteiger partial charge in [0.2, 0.25) is 5.91 Å². The average Bonchev–Trinajstić information content (AvgIpc) is 3.65. The van der Waals surface area contributed by atoms with E-state index in [1.54, 1.807) is 19.1 Å². The van der Waals surface area contributed by atoms with Gasteiger partial charge in [0.15, 0.2) is 5.12 Å². The van der Waals surface area contributed by atoms with E-state index in [0.717, 1.165) is 38.5 Å². The van der Waals surface area contributed by atoms with Crippen molar-refractivity contribution in [2.75, 3.05) is 12.8 Å². The summed E-state index contributed by atoms with van der Waals surface area (Å²) < 4.78 is 6.41. The summed E-state index contributed by atoms with van der Waals surface area (Å²) in [5.74, 6) is 1.18. The Labute approximate surface area is 279 Å². The van der Waals surface area contributed by atoms with E-state index >= 15 is 0 Å². The van der Waals surface area contributed by atoms with Crippen molar-refractivity contribution >= 4 is 34.5 Å². The molecule has 5 aliphatic carbocycles. The Balaban J connectivity index is 1.36. The van der Waals surface area contributed by atoms with Crippen molar-refractivity contribution in [2.45, 2.75) is 112 Å². The lowest BCUT2D eigenvalue weighted by Gasteiger charge is -2.63. The van der Waals surface area contributed by atoms with Crippen molar-refractivity contribution in [1.82, 2.24) is 10.6 Å². The second-order valence-electron chi connectivity index (χ2n) is 16.6. The van der Waals surface area contributed by atoms with Gasteiger partial charge < -0.3 is 15.4 Å². The first kappa shape index (κ1) is 33.7. The summed E-state index contributed by atoms with van der Waals surface area (Å²) in [5, 5.41) is 6.96. The zero-order chi connectivity index (χ0) is 33.4. The fraction of sp³-hybridized carbons (Fsp3) is 0.737. The third kappa shape index (κ3) is 4.62. The largest absolute Gasteiger partial charge is 0.458 e. The molecule has 0 aromatic heterocycles. The Morgan fingerprint density at radius 2 is 1.67 bits per heavy atom. The molecule has 0 heterocycles. The maximum atomic E-state index is 14.9. The number of hydrogen-bond donors (Lipinski definition) is 2. The number of esters is 1. The number of ether oxygens (including phenoxy) is 1. The van der Waals surface area contributed by atoms with Gasteiger partial charge in [-0.05, 0) is 92.7 Å². The van der Waals surface area contributed by atoms with Gasteiger partial charge in [0.25, 0.3) is 0 Å². The third-order valence-corrected chi connectivity index (χ3v) is 15.6. The van der Waals surface area contributed by atoms with Crippen molar-refractivity contribution in [3.63, 3.8) is 0 Å². The van der Waals surface area contributed by atoms with E-state index in [-0.39, 0.29) is 85.9 Å². The number of nitrogens with one attached hydrogen (secondary N) is 2. The van der Waals surface area contributed by atoms with Crippen LogP contribution in [-0.4, -0.2) is 53.8 Å². The lowest BCUT2D eigenvalue weighted by atomic mass is 9.41. The molecule has 2 spiro atoms. The second-order valence-corrected chi connectivity index (χ2v) is 17.7. The van der Waals surface area contributed by atoms with Gasteiger partial charge in [-0.3, -0.25) is 14.4 Å². The van der Waals surface area contributed by atoms with Gasteiger partial charge in [-0.2, -0.15) is 0 Å². The van der Waals surface area contributed by atoms with Crippen LogP contribution < -0.4 is 10.6 Å². The van der Waals surface area contributed by atoms with Crippen LogP contribution in [0.2, 0.25) is 0 Å². The van der Waals surface area contributed by atoms with E-state index in [1.807, 2.05) is 39.1 Å². The minimum Gasteiger partial charge on any atom is -0.458 e. The number of benzene rings is 1. The van der Waals surface area contributed by atoms with Crippen LogP contribution in [0.3, 0.4) is 0 Å². The van der Waals surface area contributed by atoms with E-state index in [4.69, 9.17) is 4.74 Å². The normalized spacial score (nSPS) is 43.1. The van der Waals surface area contributed by atoms with Crippen LogP contribution in [-0.2, 0) is 19.1 Å². The number of amides is 1. The molecule has 6 rings (SSSR count). The van der Waals surface area contributed by atoms with E-state index < -0.39 is 0 Å². The molecule has 1 amide bonds. The van der Waals surface area contributed by atoms with Gasteiger partial charge >= 0.3 is 5.97 Å². The summed E-state index contributed by atoms with van der Waals surface area (Å²) in [7, 11) is 1.96. The summed E-state index contributed by atoms with van der Waals surface area (Å²) in [6.07, 6.45) is 5.55. The molecule has 1 aromatic rings. The molecular formula is C38H54N2O5S. The highest BCUT2D eigenvalue weighted by atomic mass is 32.2. The number of carbonyl (C=O) groups is 4. The van der Waals surface area contributed by atoms with Crippen LogP contribution >= 0.6 is 11.8 Å². The summed E-state index contributed by atoms with van der Waals surface area (Å²) in [5.41, 5.74) is -0.725. The number of hydrogen-bond acceptors (Lipinski definition) is 7. The fourth-order valence-corrected chi connectivity index (χ4v) is 12.9. The summed E-state index contributed by atoms with van der Waals surface area (Å²) in [6.45, 7) is 14.6. The number of rotatable bonds is 8. The Bertz CT molecular complexity index is 1420. The Kier molecular flexibility index (Phi) is 8.40.